The van der Waals surface area contributed by atoms with Gasteiger partial charge in [0.2, 0.25) is 5.91 Å². The van der Waals surface area contributed by atoms with Crippen LogP contribution in [0, 0.1) is 13.8 Å². The zero-order chi connectivity index (χ0) is 30.5. The van der Waals surface area contributed by atoms with Crippen molar-refractivity contribution in [3.8, 4) is 0 Å². The topological polar surface area (TPSA) is 110 Å². The Hall–Kier alpha value is -3.61. The Balaban J connectivity index is 1.16. The highest BCUT2D eigenvalue weighted by Gasteiger charge is 2.29. The molecule has 4 aromatic rings. The number of nitrogens with zero attached hydrogens (tertiary/aromatic N) is 7. The third-order valence-corrected chi connectivity index (χ3v) is 10.2. The molecule has 4 heterocycles. The lowest BCUT2D eigenvalue weighted by Gasteiger charge is -2.43. The number of aromatic amines is 1. The number of piperazine rings is 2. The molecule has 2 saturated heterocycles. The summed E-state index contributed by atoms with van der Waals surface area (Å²) >= 11 is 0. The largest absolute Gasteiger partial charge is 0.369 e. The van der Waals surface area contributed by atoms with Crippen LogP contribution >= 0.6 is 0 Å². The van der Waals surface area contributed by atoms with Crippen molar-refractivity contribution in [2.45, 2.75) is 50.1 Å². The van der Waals surface area contributed by atoms with Crippen LogP contribution in [0.4, 0.5) is 5.69 Å². The zero-order valence-corrected chi connectivity index (χ0v) is 26.4. The lowest BCUT2D eigenvalue weighted by molar-refractivity contribution is -0.135. The molecule has 1 N–H and O–H groups in total. The van der Waals surface area contributed by atoms with Crippen LogP contribution in [0.3, 0.4) is 0 Å². The minimum absolute atomic E-state index is 0.128. The minimum Gasteiger partial charge on any atom is -0.369 e. The van der Waals surface area contributed by atoms with E-state index in [0.717, 1.165) is 69.2 Å². The van der Waals surface area contributed by atoms with Crippen molar-refractivity contribution in [1.82, 2.24) is 34.5 Å². The first kappa shape index (κ1) is 29.5. The first-order valence-corrected chi connectivity index (χ1v) is 16.0. The fourth-order valence-corrected chi connectivity index (χ4v) is 7.29. The van der Waals surface area contributed by atoms with Crippen LogP contribution < -0.4 is 10.5 Å². The summed E-state index contributed by atoms with van der Waals surface area (Å²) in [6.07, 6.45) is 0. The summed E-state index contributed by atoms with van der Waals surface area (Å²) in [5.41, 5.74) is 3.60. The Kier molecular flexibility index (Phi) is 7.86. The second-order valence-electron chi connectivity index (χ2n) is 12.6. The number of carbonyl (C=O) groups excluding carboxylic acids is 1. The van der Waals surface area contributed by atoms with Gasteiger partial charge in [-0.1, -0.05) is 17.7 Å². The lowest BCUT2D eigenvalue weighted by atomic mass is 10.0. The summed E-state index contributed by atoms with van der Waals surface area (Å²) in [4.78, 5) is 39.9. The average molecular weight is 605 g/mol. The van der Waals surface area contributed by atoms with Gasteiger partial charge in [-0.05, 0) is 64.4 Å². The molecule has 0 spiro atoms. The molecule has 2 aliphatic heterocycles. The number of H-pyrrole nitrogens is 1. The van der Waals surface area contributed by atoms with Crippen molar-refractivity contribution in [3.63, 3.8) is 0 Å². The van der Waals surface area contributed by atoms with Crippen LogP contribution in [-0.4, -0.2) is 109 Å². The number of hydrogen-bond donors (Lipinski definition) is 1. The van der Waals surface area contributed by atoms with Gasteiger partial charge < -0.3 is 9.80 Å². The first-order valence-electron chi connectivity index (χ1n) is 14.9. The monoisotopic (exact) mass is 604 g/mol. The van der Waals surface area contributed by atoms with E-state index in [4.69, 9.17) is 0 Å². The Morgan fingerprint density at radius 1 is 0.953 bits per heavy atom. The zero-order valence-electron chi connectivity index (χ0n) is 25.6. The van der Waals surface area contributed by atoms with E-state index in [1.165, 1.54) is 0 Å². The number of amides is 1. The van der Waals surface area contributed by atoms with Crippen molar-refractivity contribution in [1.29, 1.82) is 0 Å². The van der Waals surface area contributed by atoms with Crippen molar-refractivity contribution in [2.24, 2.45) is 0 Å². The number of anilines is 1. The normalized spacial score (nSPS) is 18.1. The molecule has 0 saturated carbocycles. The standard InChI is InChI=1S/C31H40N8O3S/c1-21-6-9-26(22(2)18-21)43(42)30-28-32-29(41)24-8-7-23(19-25(24)39(28)34-33-30)36-12-10-35(11-13-36)20-27(40)37-14-16-38(17-15-37)31(3,4)5/h6-9,18-19,34H,10-17,20H2,1-5H3. The van der Waals surface area contributed by atoms with Crippen LogP contribution in [0.5, 0.6) is 0 Å². The van der Waals surface area contributed by atoms with Crippen LogP contribution in [0.2, 0.25) is 0 Å². The maximum absolute atomic E-state index is 13.5. The molecular weight excluding hydrogens is 564 g/mol. The lowest BCUT2D eigenvalue weighted by Crippen LogP contribution is -2.57. The molecule has 0 aliphatic carbocycles. The number of benzene rings is 2. The van der Waals surface area contributed by atoms with E-state index in [-0.39, 0.29) is 27.7 Å². The van der Waals surface area contributed by atoms with Gasteiger partial charge in [-0.15, -0.1) is 5.10 Å². The van der Waals surface area contributed by atoms with E-state index in [1.54, 1.807) is 10.6 Å². The highest BCUT2D eigenvalue weighted by molar-refractivity contribution is 7.85. The van der Waals surface area contributed by atoms with E-state index in [2.05, 4.69) is 50.8 Å². The highest BCUT2D eigenvalue weighted by atomic mass is 32.2. The van der Waals surface area contributed by atoms with Gasteiger partial charge in [0.15, 0.2) is 10.7 Å². The number of carbonyl (C=O) groups is 1. The van der Waals surface area contributed by atoms with E-state index in [0.29, 0.717) is 22.3 Å². The average Bonchev–Trinajstić information content (AvgIpc) is 3.40. The van der Waals surface area contributed by atoms with Gasteiger partial charge in [-0.3, -0.25) is 19.4 Å². The van der Waals surface area contributed by atoms with Gasteiger partial charge in [0.25, 0.3) is 5.56 Å². The third-order valence-electron chi connectivity index (χ3n) is 8.70. The molecule has 1 atom stereocenters. The molecule has 2 aliphatic rings. The maximum atomic E-state index is 13.5. The van der Waals surface area contributed by atoms with Crippen LogP contribution in [0.1, 0.15) is 31.9 Å². The molecule has 2 fully saturated rings. The summed E-state index contributed by atoms with van der Waals surface area (Å²) in [5, 5.41) is 7.97. The molecule has 0 radical (unpaired) electrons. The van der Waals surface area contributed by atoms with E-state index in [1.807, 2.05) is 49.1 Å². The van der Waals surface area contributed by atoms with Gasteiger partial charge in [0.05, 0.1) is 17.4 Å². The predicted molar refractivity (Wildman–Crippen MR) is 168 cm³/mol. The van der Waals surface area contributed by atoms with Crippen LogP contribution in [0.15, 0.2) is 51.1 Å². The predicted octanol–water partition coefficient (Wildman–Crippen LogP) is 2.42. The third kappa shape index (κ3) is 5.83. The summed E-state index contributed by atoms with van der Waals surface area (Å²) in [5.74, 6) is 0.204. The van der Waals surface area contributed by atoms with E-state index in [9.17, 15) is 13.8 Å². The molecule has 43 heavy (non-hydrogen) atoms. The van der Waals surface area contributed by atoms with Gasteiger partial charge in [0.1, 0.15) is 10.8 Å². The molecule has 228 valence electrons. The quantitative estimate of drug-likeness (QED) is 0.370. The van der Waals surface area contributed by atoms with Crippen LogP contribution in [-0.2, 0) is 15.6 Å². The SMILES string of the molecule is Cc1ccc(S(=O)c2n[nH]n3c2nc(=O)c2ccc(N4CCN(CC(=O)N5CCN(C(C)(C)C)CC5)CC4)cc23)c(C)c1. The van der Waals surface area contributed by atoms with Crippen molar-refractivity contribution in [3.05, 3.63) is 57.9 Å². The fourth-order valence-electron chi connectivity index (χ4n) is 6.11. The number of nitrogens with one attached hydrogen (secondary N) is 1. The molecule has 1 amide bonds. The summed E-state index contributed by atoms with van der Waals surface area (Å²) in [6.45, 7) is 17.5. The summed E-state index contributed by atoms with van der Waals surface area (Å²) < 4.78 is 15.2. The van der Waals surface area contributed by atoms with Crippen molar-refractivity contribution >= 4 is 38.9 Å². The molecule has 2 aromatic carbocycles. The number of aromatic nitrogens is 4. The molecule has 1 unspecified atom stereocenters. The fraction of sp³-hybridized carbons (Fsp3) is 0.484. The summed E-state index contributed by atoms with van der Waals surface area (Å²) in [6, 6.07) is 11.4. The van der Waals surface area contributed by atoms with Gasteiger partial charge in [-0.25, -0.2) is 13.9 Å². The molecule has 11 nitrogen and oxygen atoms in total. The number of hydrogen-bond acceptors (Lipinski definition) is 8. The number of rotatable bonds is 5. The van der Waals surface area contributed by atoms with E-state index >= 15 is 0 Å². The van der Waals surface area contributed by atoms with Gasteiger partial charge >= 0.3 is 0 Å². The van der Waals surface area contributed by atoms with Gasteiger partial charge in [-0.2, -0.15) is 4.98 Å². The number of fused-ring (bicyclic) bond motifs is 3. The number of aryl methyl sites for hydroxylation is 2. The molecule has 6 rings (SSSR count). The van der Waals surface area contributed by atoms with Gasteiger partial charge in [0, 0.05) is 68.5 Å². The Morgan fingerprint density at radius 3 is 2.35 bits per heavy atom. The Morgan fingerprint density at radius 2 is 1.67 bits per heavy atom. The Bertz CT molecular complexity index is 1760. The first-order chi connectivity index (χ1) is 20.5. The molecule has 12 heteroatoms. The Labute approximate surface area is 253 Å². The molecular formula is C31H40N8O3S. The van der Waals surface area contributed by atoms with Crippen molar-refractivity contribution in [2.75, 3.05) is 63.8 Å². The summed E-state index contributed by atoms with van der Waals surface area (Å²) in [7, 11) is -1.60. The smallest absolute Gasteiger partial charge is 0.281 e. The highest BCUT2D eigenvalue weighted by Crippen LogP contribution is 2.26. The molecule has 0 bridgehead atoms. The van der Waals surface area contributed by atoms with Crippen molar-refractivity contribution < 1.29 is 9.00 Å². The second kappa shape index (κ2) is 11.5. The minimum atomic E-state index is -1.60. The second-order valence-corrected chi connectivity index (χ2v) is 14.0. The maximum Gasteiger partial charge on any atom is 0.281 e. The van der Waals surface area contributed by atoms with E-state index < -0.39 is 10.8 Å². The molecule has 2 aromatic heterocycles. The van der Waals surface area contributed by atoms with Crippen LogP contribution in [0.25, 0.3) is 16.6 Å².